The number of nitrogen functional groups attached to an aromatic ring is 1. The minimum absolute atomic E-state index is 0.421. The fourth-order valence-electron chi connectivity index (χ4n) is 2.43. The number of hydrogen-bond acceptors (Lipinski definition) is 4. The summed E-state index contributed by atoms with van der Waals surface area (Å²) in [4.78, 5) is 9.47. The molecule has 0 amide bonds. The normalized spacial score (nSPS) is 16.7. The smallest absolute Gasteiger partial charge is 0.107 e. The molecule has 18 heavy (non-hydrogen) atoms. The predicted molar refractivity (Wildman–Crippen MR) is 73.1 cm³/mol. The zero-order valence-electron chi connectivity index (χ0n) is 10.9. The predicted octanol–water partition coefficient (Wildman–Crippen LogP) is 3.09. The van der Waals surface area contributed by atoms with E-state index >= 15 is 0 Å². The first-order valence-electron chi connectivity index (χ1n) is 6.60. The molecule has 0 aliphatic heterocycles. The van der Waals surface area contributed by atoms with E-state index in [1.165, 1.54) is 39.2 Å². The maximum Gasteiger partial charge on any atom is 0.107 e. The second kappa shape index (κ2) is 6.61. The molecule has 1 saturated carbocycles. The van der Waals surface area contributed by atoms with Gasteiger partial charge in [-0.1, -0.05) is 25.3 Å². The fourth-order valence-corrected chi connectivity index (χ4v) is 2.43. The minimum Gasteiger partial charge on any atom is -0.397 e. The maximum atomic E-state index is 6.05. The first-order valence-corrected chi connectivity index (χ1v) is 6.60. The minimum atomic E-state index is 0.421. The molecule has 0 heterocycles. The van der Waals surface area contributed by atoms with Crippen molar-refractivity contribution in [2.75, 3.05) is 18.2 Å². The summed E-state index contributed by atoms with van der Waals surface area (Å²) in [7, 11) is 1.50. The molecule has 1 aliphatic rings. The Kier molecular flexibility index (Phi) is 4.84. The average molecular weight is 250 g/mol. The van der Waals surface area contributed by atoms with Crippen LogP contribution in [0.15, 0.2) is 18.2 Å². The van der Waals surface area contributed by atoms with Crippen LogP contribution in [0.2, 0.25) is 0 Å². The van der Waals surface area contributed by atoms with Crippen molar-refractivity contribution in [3.05, 3.63) is 23.8 Å². The van der Waals surface area contributed by atoms with E-state index in [-0.39, 0.29) is 0 Å². The van der Waals surface area contributed by atoms with Crippen LogP contribution < -0.4 is 11.1 Å². The Bertz CT molecular complexity index is 376. The lowest BCUT2D eigenvalue weighted by Crippen LogP contribution is -2.22. The first kappa shape index (κ1) is 13.2. The van der Waals surface area contributed by atoms with Gasteiger partial charge in [0.15, 0.2) is 0 Å². The van der Waals surface area contributed by atoms with Gasteiger partial charge in [0.2, 0.25) is 0 Å². The second-order valence-electron chi connectivity index (χ2n) is 4.83. The van der Waals surface area contributed by atoms with Crippen molar-refractivity contribution in [2.45, 2.75) is 44.8 Å². The molecule has 0 spiro atoms. The Morgan fingerprint density at radius 2 is 2.06 bits per heavy atom. The Morgan fingerprint density at radius 3 is 2.72 bits per heavy atom. The molecule has 1 aromatic rings. The van der Waals surface area contributed by atoms with E-state index < -0.39 is 0 Å². The van der Waals surface area contributed by atoms with Crippen LogP contribution in [-0.4, -0.2) is 13.2 Å². The lowest BCUT2D eigenvalue weighted by molar-refractivity contribution is -0.282. The van der Waals surface area contributed by atoms with Crippen molar-refractivity contribution < 1.29 is 9.78 Å². The summed E-state index contributed by atoms with van der Waals surface area (Å²) < 4.78 is 0. The number of nitrogens with two attached hydrogens (primary N) is 1. The van der Waals surface area contributed by atoms with Crippen molar-refractivity contribution in [3.8, 4) is 0 Å². The molecular weight excluding hydrogens is 228 g/mol. The molecule has 1 aromatic carbocycles. The van der Waals surface area contributed by atoms with Gasteiger partial charge in [-0.3, -0.25) is 0 Å². The van der Waals surface area contributed by atoms with Gasteiger partial charge in [-0.05, 0) is 30.5 Å². The SMILES string of the molecule is COOCc1ccc(NC2CCCCC2)c(N)c1. The van der Waals surface area contributed by atoms with Crippen LogP contribution in [0.5, 0.6) is 0 Å². The molecule has 0 saturated heterocycles. The van der Waals surface area contributed by atoms with Gasteiger partial charge in [-0.25, -0.2) is 9.78 Å². The van der Waals surface area contributed by atoms with Crippen molar-refractivity contribution in [1.29, 1.82) is 0 Å². The maximum absolute atomic E-state index is 6.05. The zero-order chi connectivity index (χ0) is 12.8. The molecule has 100 valence electrons. The number of nitrogens with one attached hydrogen (secondary N) is 1. The molecule has 3 N–H and O–H groups in total. The third-order valence-electron chi connectivity index (χ3n) is 3.42. The number of benzene rings is 1. The number of rotatable bonds is 5. The van der Waals surface area contributed by atoms with E-state index in [0.29, 0.717) is 12.6 Å². The second-order valence-corrected chi connectivity index (χ2v) is 4.83. The average Bonchev–Trinajstić information content (AvgIpc) is 2.40. The standard InChI is InChI=1S/C14H22N2O2/c1-17-18-10-11-7-8-14(13(15)9-11)16-12-5-3-2-4-6-12/h7-9,12,16H,2-6,10,15H2,1H3. The van der Waals surface area contributed by atoms with E-state index in [2.05, 4.69) is 10.2 Å². The summed E-state index contributed by atoms with van der Waals surface area (Å²) in [6.45, 7) is 0.421. The van der Waals surface area contributed by atoms with Gasteiger partial charge in [-0.15, -0.1) is 0 Å². The van der Waals surface area contributed by atoms with Crippen LogP contribution in [0.1, 0.15) is 37.7 Å². The molecule has 0 atom stereocenters. The molecule has 0 unspecified atom stereocenters. The largest absolute Gasteiger partial charge is 0.397 e. The fraction of sp³-hybridized carbons (Fsp3) is 0.571. The molecule has 0 radical (unpaired) electrons. The van der Waals surface area contributed by atoms with E-state index in [4.69, 9.17) is 10.6 Å². The van der Waals surface area contributed by atoms with Crippen LogP contribution >= 0.6 is 0 Å². The van der Waals surface area contributed by atoms with Crippen LogP contribution in [0.4, 0.5) is 11.4 Å². The number of hydrogen-bond donors (Lipinski definition) is 2. The molecule has 4 nitrogen and oxygen atoms in total. The number of anilines is 2. The Hall–Kier alpha value is -1.26. The molecular formula is C14H22N2O2. The van der Waals surface area contributed by atoms with E-state index in [9.17, 15) is 0 Å². The zero-order valence-corrected chi connectivity index (χ0v) is 10.9. The van der Waals surface area contributed by atoms with E-state index in [0.717, 1.165) is 16.9 Å². The molecule has 1 fully saturated rings. The van der Waals surface area contributed by atoms with Crippen LogP contribution in [0.3, 0.4) is 0 Å². The Balaban J connectivity index is 1.95. The Labute approximate surface area is 108 Å². The van der Waals surface area contributed by atoms with Gasteiger partial charge in [0.25, 0.3) is 0 Å². The summed E-state index contributed by atoms with van der Waals surface area (Å²) in [6.07, 6.45) is 6.48. The van der Waals surface area contributed by atoms with Crippen LogP contribution in [0.25, 0.3) is 0 Å². The highest BCUT2D eigenvalue weighted by Gasteiger charge is 2.13. The monoisotopic (exact) mass is 250 g/mol. The van der Waals surface area contributed by atoms with Crippen molar-refractivity contribution in [2.24, 2.45) is 0 Å². The molecule has 2 rings (SSSR count). The first-order chi connectivity index (χ1) is 8.79. The van der Waals surface area contributed by atoms with Gasteiger partial charge in [0.05, 0.1) is 18.5 Å². The van der Waals surface area contributed by atoms with Crippen LogP contribution in [-0.2, 0) is 16.4 Å². The molecule has 4 heteroatoms. The highest BCUT2D eigenvalue weighted by molar-refractivity contribution is 5.67. The highest BCUT2D eigenvalue weighted by atomic mass is 17.2. The van der Waals surface area contributed by atoms with Crippen LogP contribution in [0, 0.1) is 0 Å². The van der Waals surface area contributed by atoms with Crippen molar-refractivity contribution in [1.82, 2.24) is 0 Å². The van der Waals surface area contributed by atoms with Crippen molar-refractivity contribution >= 4 is 11.4 Å². The summed E-state index contributed by atoms with van der Waals surface area (Å²) in [5.74, 6) is 0. The topological polar surface area (TPSA) is 56.5 Å². The highest BCUT2D eigenvalue weighted by Crippen LogP contribution is 2.26. The van der Waals surface area contributed by atoms with Gasteiger partial charge < -0.3 is 11.1 Å². The van der Waals surface area contributed by atoms with Gasteiger partial charge in [0, 0.05) is 6.04 Å². The molecule has 0 bridgehead atoms. The quantitative estimate of drug-likeness (QED) is 0.479. The lowest BCUT2D eigenvalue weighted by atomic mass is 9.95. The Morgan fingerprint density at radius 1 is 1.28 bits per heavy atom. The summed E-state index contributed by atoms with van der Waals surface area (Å²) >= 11 is 0. The summed E-state index contributed by atoms with van der Waals surface area (Å²) in [5, 5.41) is 3.54. The van der Waals surface area contributed by atoms with Gasteiger partial charge in [-0.2, -0.15) is 0 Å². The summed E-state index contributed by atoms with van der Waals surface area (Å²) in [6, 6.07) is 6.55. The van der Waals surface area contributed by atoms with Crippen molar-refractivity contribution in [3.63, 3.8) is 0 Å². The van der Waals surface area contributed by atoms with Gasteiger partial charge >= 0.3 is 0 Å². The molecule has 1 aliphatic carbocycles. The lowest BCUT2D eigenvalue weighted by Gasteiger charge is -2.24. The summed E-state index contributed by atoms with van der Waals surface area (Å²) in [5.41, 5.74) is 8.87. The van der Waals surface area contributed by atoms with Gasteiger partial charge in [0.1, 0.15) is 6.61 Å². The third kappa shape index (κ3) is 3.62. The third-order valence-corrected chi connectivity index (χ3v) is 3.42. The van der Waals surface area contributed by atoms with E-state index in [1.807, 2.05) is 18.2 Å². The van der Waals surface area contributed by atoms with E-state index in [1.54, 1.807) is 0 Å². The molecule has 0 aromatic heterocycles.